The predicted octanol–water partition coefficient (Wildman–Crippen LogP) is 0.319. The Morgan fingerprint density at radius 3 is 2.43 bits per heavy atom. The maximum atomic E-state index is 5.49. The molecule has 4 heteroatoms. The van der Waals surface area contributed by atoms with Crippen LogP contribution in [-0.4, -0.2) is 58.0 Å². The van der Waals surface area contributed by atoms with Gasteiger partial charge in [-0.2, -0.15) is 0 Å². The number of ether oxygens (including phenoxy) is 2. The summed E-state index contributed by atoms with van der Waals surface area (Å²) in [6.45, 7) is 6.39. The molecule has 0 fully saturated rings. The minimum atomic E-state index is 0.432. The summed E-state index contributed by atoms with van der Waals surface area (Å²) in [5, 5.41) is 0. The van der Waals surface area contributed by atoms with Gasteiger partial charge in [-0.25, -0.2) is 0 Å². The molecule has 1 atom stereocenters. The Labute approximate surface area is 87.4 Å². The first kappa shape index (κ1) is 13.8. The molecule has 0 amide bonds. The Morgan fingerprint density at radius 1 is 1.21 bits per heavy atom. The van der Waals surface area contributed by atoms with Gasteiger partial charge in [-0.1, -0.05) is 0 Å². The van der Waals surface area contributed by atoms with Gasteiger partial charge in [0.2, 0.25) is 0 Å². The van der Waals surface area contributed by atoms with Gasteiger partial charge in [0, 0.05) is 26.8 Å². The van der Waals surface area contributed by atoms with E-state index in [0.717, 1.165) is 39.3 Å². The van der Waals surface area contributed by atoms with Crippen molar-refractivity contribution in [3.63, 3.8) is 0 Å². The molecule has 0 aromatic carbocycles. The van der Waals surface area contributed by atoms with Gasteiger partial charge in [0.15, 0.2) is 0 Å². The lowest BCUT2D eigenvalue weighted by molar-refractivity contribution is 0.0748. The average molecular weight is 204 g/mol. The minimum Gasteiger partial charge on any atom is -0.383 e. The molecule has 0 aliphatic rings. The molecule has 0 aromatic heterocycles. The molecule has 0 heterocycles. The van der Waals surface area contributed by atoms with Crippen LogP contribution in [0, 0.1) is 0 Å². The summed E-state index contributed by atoms with van der Waals surface area (Å²) in [7, 11) is 3.45. The Kier molecular flexibility index (Phi) is 9.29. The lowest BCUT2D eigenvalue weighted by atomic mass is 10.2. The Morgan fingerprint density at radius 2 is 1.93 bits per heavy atom. The summed E-state index contributed by atoms with van der Waals surface area (Å²) < 4.78 is 10.2. The van der Waals surface area contributed by atoms with Crippen molar-refractivity contribution in [2.24, 2.45) is 5.73 Å². The van der Waals surface area contributed by atoms with Crippen LogP contribution in [0.25, 0.3) is 0 Å². The van der Waals surface area contributed by atoms with Gasteiger partial charge in [-0.05, 0) is 26.4 Å². The highest BCUT2D eigenvalue weighted by Gasteiger charge is 2.12. The van der Waals surface area contributed by atoms with Crippen LogP contribution in [0.3, 0.4) is 0 Å². The molecule has 0 bridgehead atoms. The third kappa shape index (κ3) is 6.32. The summed E-state index contributed by atoms with van der Waals surface area (Å²) in [6, 6.07) is 0.432. The maximum absolute atomic E-state index is 5.49. The average Bonchev–Trinajstić information content (AvgIpc) is 2.18. The van der Waals surface area contributed by atoms with Gasteiger partial charge in [-0.15, -0.1) is 0 Å². The normalized spacial score (nSPS) is 13.5. The van der Waals surface area contributed by atoms with Crippen LogP contribution in [0.5, 0.6) is 0 Å². The first-order valence-corrected chi connectivity index (χ1v) is 5.18. The van der Waals surface area contributed by atoms with Crippen LogP contribution in [0.1, 0.15) is 13.3 Å². The third-order valence-electron chi connectivity index (χ3n) is 2.26. The zero-order valence-corrected chi connectivity index (χ0v) is 9.66. The molecule has 0 aromatic rings. The van der Waals surface area contributed by atoms with E-state index in [4.69, 9.17) is 15.2 Å². The highest BCUT2D eigenvalue weighted by molar-refractivity contribution is 4.66. The lowest BCUT2D eigenvalue weighted by Crippen LogP contribution is -2.39. The molecule has 0 saturated carbocycles. The molecular weight excluding hydrogens is 180 g/mol. The zero-order chi connectivity index (χ0) is 10.8. The number of nitrogens with zero attached hydrogens (tertiary/aromatic N) is 1. The van der Waals surface area contributed by atoms with Gasteiger partial charge >= 0.3 is 0 Å². The third-order valence-corrected chi connectivity index (χ3v) is 2.26. The molecule has 0 radical (unpaired) electrons. The smallest absolute Gasteiger partial charge is 0.0615 e. The van der Waals surface area contributed by atoms with Gasteiger partial charge in [0.1, 0.15) is 0 Å². The highest BCUT2D eigenvalue weighted by atomic mass is 16.5. The molecule has 14 heavy (non-hydrogen) atoms. The topological polar surface area (TPSA) is 47.7 Å². The van der Waals surface area contributed by atoms with Crippen molar-refractivity contribution in [1.29, 1.82) is 0 Å². The Balaban J connectivity index is 3.81. The molecule has 4 nitrogen and oxygen atoms in total. The van der Waals surface area contributed by atoms with Crippen molar-refractivity contribution in [3.8, 4) is 0 Å². The summed E-state index contributed by atoms with van der Waals surface area (Å²) >= 11 is 0. The van der Waals surface area contributed by atoms with E-state index in [0.29, 0.717) is 6.04 Å². The number of rotatable bonds is 9. The van der Waals surface area contributed by atoms with E-state index >= 15 is 0 Å². The minimum absolute atomic E-state index is 0.432. The standard InChI is InChI=1S/C10H24N2O2/c1-10(9-14-3)12(6-4-5-11)7-8-13-2/h10H,4-9,11H2,1-3H3. The monoisotopic (exact) mass is 204 g/mol. The molecule has 86 valence electrons. The zero-order valence-electron chi connectivity index (χ0n) is 9.66. The number of hydrogen-bond acceptors (Lipinski definition) is 4. The molecule has 0 saturated heterocycles. The first-order valence-electron chi connectivity index (χ1n) is 5.18. The summed E-state index contributed by atoms with van der Waals surface area (Å²) in [6.07, 6.45) is 1.03. The molecule has 0 aliphatic heterocycles. The number of methoxy groups -OCH3 is 2. The second-order valence-electron chi connectivity index (χ2n) is 3.48. The largest absolute Gasteiger partial charge is 0.383 e. The van der Waals surface area contributed by atoms with Crippen LogP contribution in [0.2, 0.25) is 0 Å². The second kappa shape index (κ2) is 9.40. The SMILES string of the molecule is COCCN(CCCN)C(C)COC. The lowest BCUT2D eigenvalue weighted by Gasteiger charge is -2.28. The van der Waals surface area contributed by atoms with E-state index < -0.39 is 0 Å². The molecular formula is C10H24N2O2. The Bertz CT molecular complexity index is 115. The van der Waals surface area contributed by atoms with E-state index in [9.17, 15) is 0 Å². The van der Waals surface area contributed by atoms with Gasteiger partial charge < -0.3 is 15.2 Å². The molecule has 2 N–H and O–H groups in total. The van der Waals surface area contributed by atoms with Crippen LogP contribution < -0.4 is 5.73 Å². The number of hydrogen-bond donors (Lipinski definition) is 1. The fourth-order valence-electron chi connectivity index (χ4n) is 1.40. The van der Waals surface area contributed by atoms with Crippen LogP contribution in [0.15, 0.2) is 0 Å². The quantitative estimate of drug-likeness (QED) is 0.587. The summed E-state index contributed by atoms with van der Waals surface area (Å²) in [5.41, 5.74) is 5.49. The van der Waals surface area contributed by atoms with Crippen molar-refractivity contribution >= 4 is 0 Å². The van der Waals surface area contributed by atoms with Crippen LogP contribution >= 0.6 is 0 Å². The second-order valence-corrected chi connectivity index (χ2v) is 3.48. The molecule has 0 spiro atoms. The fourth-order valence-corrected chi connectivity index (χ4v) is 1.40. The Hall–Kier alpha value is -0.160. The maximum Gasteiger partial charge on any atom is 0.0615 e. The van der Waals surface area contributed by atoms with E-state index in [2.05, 4.69) is 11.8 Å². The van der Waals surface area contributed by atoms with Crippen LogP contribution in [-0.2, 0) is 9.47 Å². The highest BCUT2D eigenvalue weighted by Crippen LogP contribution is 2.00. The fraction of sp³-hybridized carbons (Fsp3) is 1.00. The first-order chi connectivity index (χ1) is 6.76. The van der Waals surface area contributed by atoms with Crippen LogP contribution in [0.4, 0.5) is 0 Å². The van der Waals surface area contributed by atoms with Crippen molar-refractivity contribution in [2.45, 2.75) is 19.4 Å². The van der Waals surface area contributed by atoms with Gasteiger partial charge in [0.05, 0.1) is 13.2 Å². The molecule has 1 unspecified atom stereocenters. The van der Waals surface area contributed by atoms with E-state index in [1.807, 2.05) is 0 Å². The summed E-state index contributed by atoms with van der Waals surface area (Å²) in [4.78, 5) is 2.35. The molecule has 0 rings (SSSR count). The number of nitrogens with two attached hydrogens (primary N) is 1. The summed E-state index contributed by atoms with van der Waals surface area (Å²) in [5.74, 6) is 0. The van der Waals surface area contributed by atoms with Crippen molar-refractivity contribution in [1.82, 2.24) is 4.90 Å². The van der Waals surface area contributed by atoms with E-state index in [1.165, 1.54) is 0 Å². The van der Waals surface area contributed by atoms with Crippen molar-refractivity contribution in [3.05, 3.63) is 0 Å². The van der Waals surface area contributed by atoms with Gasteiger partial charge in [-0.3, -0.25) is 4.90 Å². The van der Waals surface area contributed by atoms with E-state index in [1.54, 1.807) is 14.2 Å². The predicted molar refractivity (Wildman–Crippen MR) is 58.5 cm³/mol. The van der Waals surface area contributed by atoms with Gasteiger partial charge in [0.25, 0.3) is 0 Å². The van der Waals surface area contributed by atoms with Crippen molar-refractivity contribution in [2.75, 3.05) is 47.1 Å². The van der Waals surface area contributed by atoms with E-state index in [-0.39, 0.29) is 0 Å². The van der Waals surface area contributed by atoms with Crippen molar-refractivity contribution < 1.29 is 9.47 Å². The molecule has 0 aliphatic carbocycles.